The van der Waals surface area contributed by atoms with Crippen LogP contribution >= 0.6 is 0 Å². The van der Waals surface area contributed by atoms with E-state index in [0.717, 1.165) is 18.5 Å². The summed E-state index contributed by atoms with van der Waals surface area (Å²) < 4.78 is 0. The first kappa shape index (κ1) is 13.1. The minimum Gasteiger partial charge on any atom is -0.326 e. The normalized spacial score (nSPS) is 23.6. The van der Waals surface area contributed by atoms with E-state index in [1.807, 2.05) is 37.4 Å². The van der Waals surface area contributed by atoms with E-state index in [0.29, 0.717) is 18.4 Å². The first-order valence-electron chi connectivity index (χ1n) is 6.80. The molecule has 0 unspecified atom stereocenters. The van der Waals surface area contributed by atoms with Gasteiger partial charge in [-0.3, -0.25) is 4.79 Å². The summed E-state index contributed by atoms with van der Waals surface area (Å²) in [4.78, 5) is 11.9. The van der Waals surface area contributed by atoms with Crippen molar-refractivity contribution in [1.82, 2.24) is 5.32 Å². The van der Waals surface area contributed by atoms with Crippen molar-refractivity contribution >= 4 is 11.6 Å². The van der Waals surface area contributed by atoms with Crippen LogP contribution in [-0.4, -0.2) is 19.0 Å². The lowest BCUT2D eigenvalue weighted by atomic mass is 9.84. The topological polar surface area (TPSA) is 41.1 Å². The molecule has 3 heteroatoms. The van der Waals surface area contributed by atoms with Gasteiger partial charge in [0, 0.05) is 18.2 Å². The van der Waals surface area contributed by atoms with Crippen LogP contribution in [0, 0.1) is 5.92 Å². The van der Waals surface area contributed by atoms with Crippen molar-refractivity contribution in [3.05, 3.63) is 30.3 Å². The standard InChI is InChI=1S/C15H22N2O/c1-16-13-9-7-12(8-10-13)11-15(18)17-14-5-3-2-4-6-14/h2-6,12-13,16H,7-11H2,1H3,(H,17,18). The second-order valence-electron chi connectivity index (χ2n) is 5.12. The molecular weight excluding hydrogens is 224 g/mol. The minimum atomic E-state index is 0.147. The average molecular weight is 246 g/mol. The number of anilines is 1. The lowest BCUT2D eigenvalue weighted by Gasteiger charge is -2.27. The summed E-state index contributed by atoms with van der Waals surface area (Å²) >= 11 is 0. The SMILES string of the molecule is CNC1CCC(CC(=O)Nc2ccccc2)CC1. The molecule has 1 saturated carbocycles. The van der Waals surface area contributed by atoms with E-state index in [-0.39, 0.29) is 5.91 Å². The molecule has 0 radical (unpaired) electrons. The molecule has 1 fully saturated rings. The largest absolute Gasteiger partial charge is 0.326 e. The molecule has 0 atom stereocenters. The van der Waals surface area contributed by atoms with Gasteiger partial charge in [-0.05, 0) is 50.8 Å². The van der Waals surface area contributed by atoms with Crippen molar-refractivity contribution in [2.45, 2.75) is 38.1 Å². The molecule has 0 bridgehead atoms. The number of hydrogen-bond acceptors (Lipinski definition) is 2. The van der Waals surface area contributed by atoms with Gasteiger partial charge < -0.3 is 10.6 Å². The van der Waals surface area contributed by atoms with Crippen LogP contribution in [0.25, 0.3) is 0 Å². The summed E-state index contributed by atoms with van der Waals surface area (Å²) in [6, 6.07) is 10.3. The van der Waals surface area contributed by atoms with Gasteiger partial charge in [0.15, 0.2) is 0 Å². The van der Waals surface area contributed by atoms with Crippen LogP contribution in [-0.2, 0) is 4.79 Å². The Morgan fingerprint density at radius 3 is 2.44 bits per heavy atom. The molecule has 2 rings (SSSR count). The van der Waals surface area contributed by atoms with Crippen LogP contribution < -0.4 is 10.6 Å². The molecule has 0 aliphatic heterocycles. The Bertz CT molecular complexity index is 369. The van der Waals surface area contributed by atoms with E-state index in [9.17, 15) is 4.79 Å². The van der Waals surface area contributed by atoms with Crippen LogP contribution in [0.4, 0.5) is 5.69 Å². The number of hydrogen-bond donors (Lipinski definition) is 2. The van der Waals surface area contributed by atoms with E-state index in [1.54, 1.807) is 0 Å². The van der Waals surface area contributed by atoms with Crippen molar-refractivity contribution in [2.75, 3.05) is 12.4 Å². The number of nitrogens with one attached hydrogen (secondary N) is 2. The highest BCUT2D eigenvalue weighted by atomic mass is 16.1. The number of carbonyl (C=O) groups excluding carboxylic acids is 1. The zero-order valence-electron chi connectivity index (χ0n) is 11.0. The van der Waals surface area contributed by atoms with E-state index >= 15 is 0 Å². The van der Waals surface area contributed by atoms with Gasteiger partial charge in [-0.2, -0.15) is 0 Å². The molecule has 3 nitrogen and oxygen atoms in total. The zero-order chi connectivity index (χ0) is 12.8. The minimum absolute atomic E-state index is 0.147. The number of amides is 1. The molecule has 98 valence electrons. The van der Waals surface area contributed by atoms with Gasteiger partial charge in [0.2, 0.25) is 5.91 Å². The smallest absolute Gasteiger partial charge is 0.224 e. The molecule has 0 aromatic heterocycles. The maximum atomic E-state index is 11.9. The second kappa shape index (κ2) is 6.55. The summed E-state index contributed by atoms with van der Waals surface area (Å²) in [7, 11) is 2.02. The zero-order valence-corrected chi connectivity index (χ0v) is 11.0. The van der Waals surface area contributed by atoms with Gasteiger partial charge in [0.05, 0.1) is 0 Å². The first-order valence-corrected chi connectivity index (χ1v) is 6.80. The van der Waals surface area contributed by atoms with Crippen LogP contribution in [0.15, 0.2) is 30.3 Å². The van der Waals surface area contributed by atoms with E-state index < -0.39 is 0 Å². The Morgan fingerprint density at radius 1 is 1.17 bits per heavy atom. The Kier molecular flexibility index (Phi) is 4.76. The molecule has 1 amide bonds. The Labute approximate surface area is 109 Å². The van der Waals surface area contributed by atoms with E-state index in [1.165, 1.54) is 12.8 Å². The van der Waals surface area contributed by atoms with Gasteiger partial charge in [-0.25, -0.2) is 0 Å². The predicted molar refractivity (Wildman–Crippen MR) is 74.5 cm³/mol. The Balaban J connectivity index is 1.75. The Morgan fingerprint density at radius 2 is 1.83 bits per heavy atom. The predicted octanol–water partition coefficient (Wildman–Crippen LogP) is 2.79. The highest BCUT2D eigenvalue weighted by Gasteiger charge is 2.21. The number of para-hydroxylation sites is 1. The molecule has 0 saturated heterocycles. The molecule has 1 aliphatic carbocycles. The van der Waals surface area contributed by atoms with Gasteiger partial charge in [0.1, 0.15) is 0 Å². The summed E-state index contributed by atoms with van der Waals surface area (Å²) in [5.74, 6) is 0.701. The highest BCUT2D eigenvalue weighted by Crippen LogP contribution is 2.27. The van der Waals surface area contributed by atoms with Crippen LogP contribution in [0.1, 0.15) is 32.1 Å². The second-order valence-corrected chi connectivity index (χ2v) is 5.12. The molecule has 1 aromatic carbocycles. The first-order chi connectivity index (χ1) is 8.78. The monoisotopic (exact) mass is 246 g/mol. The number of rotatable bonds is 4. The quantitative estimate of drug-likeness (QED) is 0.857. The fourth-order valence-corrected chi connectivity index (χ4v) is 2.65. The average Bonchev–Trinajstić information content (AvgIpc) is 2.40. The van der Waals surface area contributed by atoms with Gasteiger partial charge in [-0.1, -0.05) is 18.2 Å². The third kappa shape index (κ3) is 3.84. The molecule has 1 aromatic rings. The van der Waals surface area contributed by atoms with Crippen molar-refractivity contribution < 1.29 is 4.79 Å². The summed E-state index contributed by atoms with van der Waals surface area (Å²) in [5, 5.41) is 6.28. The van der Waals surface area contributed by atoms with Crippen molar-refractivity contribution in [1.29, 1.82) is 0 Å². The van der Waals surface area contributed by atoms with Crippen LogP contribution in [0.2, 0.25) is 0 Å². The number of benzene rings is 1. The number of carbonyl (C=O) groups is 1. The maximum absolute atomic E-state index is 11.9. The van der Waals surface area contributed by atoms with Gasteiger partial charge >= 0.3 is 0 Å². The van der Waals surface area contributed by atoms with E-state index in [4.69, 9.17) is 0 Å². The Hall–Kier alpha value is -1.35. The summed E-state index contributed by atoms with van der Waals surface area (Å²) in [6.07, 6.45) is 5.37. The lowest BCUT2D eigenvalue weighted by molar-refractivity contribution is -0.117. The molecule has 2 N–H and O–H groups in total. The lowest BCUT2D eigenvalue weighted by Crippen LogP contribution is -2.31. The van der Waals surface area contributed by atoms with Crippen molar-refractivity contribution in [2.24, 2.45) is 5.92 Å². The van der Waals surface area contributed by atoms with Crippen molar-refractivity contribution in [3.8, 4) is 0 Å². The highest BCUT2D eigenvalue weighted by molar-refractivity contribution is 5.90. The van der Waals surface area contributed by atoms with Gasteiger partial charge in [-0.15, -0.1) is 0 Å². The maximum Gasteiger partial charge on any atom is 0.224 e. The molecule has 0 spiro atoms. The fourth-order valence-electron chi connectivity index (χ4n) is 2.65. The third-order valence-electron chi connectivity index (χ3n) is 3.79. The van der Waals surface area contributed by atoms with Crippen LogP contribution in [0.5, 0.6) is 0 Å². The van der Waals surface area contributed by atoms with E-state index in [2.05, 4.69) is 10.6 Å². The molecule has 18 heavy (non-hydrogen) atoms. The summed E-state index contributed by atoms with van der Waals surface area (Å²) in [5.41, 5.74) is 0.895. The summed E-state index contributed by atoms with van der Waals surface area (Å²) in [6.45, 7) is 0. The third-order valence-corrected chi connectivity index (χ3v) is 3.79. The van der Waals surface area contributed by atoms with Crippen molar-refractivity contribution in [3.63, 3.8) is 0 Å². The molecular formula is C15H22N2O. The van der Waals surface area contributed by atoms with Gasteiger partial charge in [0.25, 0.3) is 0 Å². The fraction of sp³-hybridized carbons (Fsp3) is 0.533. The molecule has 0 heterocycles. The molecule has 1 aliphatic rings. The van der Waals surface area contributed by atoms with Crippen LogP contribution in [0.3, 0.4) is 0 Å².